The fraction of sp³-hybridized carbons (Fsp3) is 0.417. The fourth-order valence-corrected chi connectivity index (χ4v) is 5.85. The van der Waals surface area contributed by atoms with Crippen LogP contribution < -0.4 is 9.62 Å². The summed E-state index contributed by atoms with van der Waals surface area (Å²) < 4.78 is 33.2. The highest BCUT2D eigenvalue weighted by molar-refractivity contribution is 7.92. The van der Waals surface area contributed by atoms with Crippen LogP contribution in [0, 0.1) is 0 Å². The first-order chi connectivity index (χ1) is 15.4. The Labute approximate surface area is 188 Å². The number of esters is 1. The summed E-state index contributed by atoms with van der Waals surface area (Å²) in [6.45, 7) is 1.95. The van der Waals surface area contributed by atoms with Gasteiger partial charge in [0.1, 0.15) is 0 Å². The van der Waals surface area contributed by atoms with Gasteiger partial charge in [0.25, 0.3) is 15.9 Å². The van der Waals surface area contributed by atoms with Crippen molar-refractivity contribution in [1.82, 2.24) is 5.32 Å². The molecule has 0 aromatic heterocycles. The van der Waals surface area contributed by atoms with Crippen LogP contribution in [0.15, 0.2) is 53.4 Å². The van der Waals surface area contributed by atoms with Crippen molar-refractivity contribution in [2.75, 3.05) is 10.8 Å². The van der Waals surface area contributed by atoms with Gasteiger partial charge in [-0.15, -0.1) is 0 Å². The second-order valence-electron chi connectivity index (χ2n) is 8.37. The molecular weight excluding hydrogens is 428 g/mol. The monoisotopic (exact) mass is 456 g/mol. The maximum atomic E-state index is 13.2. The summed E-state index contributed by atoms with van der Waals surface area (Å²) in [5.74, 6) is -0.973. The zero-order chi connectivity index (χ0) is 22.7. The molecule has 170 valence electrons. The Morgan fingerprint density at radius 3 is 2.44 bits per heavy atom. The molecule has 8 heteroatoms. The molecule has 0 bridgehead atoms. The molecule has 2 aromatic rings. The number of carbonyl (C=O) groups is 2. The number of hydrogen-bond acceptors (Lipinski definition) is 5. The predicted octanol–water partition coefficient (Wildman–Crippen LogP) is 3.43. The van der Waals surface area contributed by atoms with E-state index in [1.54, 1.807) is 0 Å². The zero-order valence-corrected chi connectivity index (χ0v) is 18.9. The van der Waals surface area contributed by atoms with Gasteiger partial charge in [-0.25, -0.2) is 13.2 Å². The van der Waals surface area contributed by atoms with E-state index < -0.39 is 22.1 Å². The molecule has 1 saturated carbocycles. The van der Waals surface area contributed by atoms with Gasteiger partial charge in [-0.1, -0.05) is 31.0 Å². The molecule has 1 N–H and O–H groups in total. The Kier molecular flexibility index (Phi) is 6.50. The lowest BCUT2D eigenvalue weighted by atomic mass is 10.0. The molecule has 1 heterocycles. The minimum absolute atomic E-state index is 0.109. The normalized spacial score (nSPS) is 17.5. The van der Waals surface area contributed by atoms with Gasteiger partial charge in [-0.2, -0.15) is 0 Å². The molecule has 4 rings (SSSR count). The third-order valence-corrected chi connectivity index (χ3v) is 7.93. The van der Waals surface area contributed by atoms with Gasteiger partial charge >= 0.3 is 5.97 Å². The molecule has 1 aliphatic heterocycles. The van der Waals surface area contributed by atoms with E-state index in [2.05, 4.69) is 5.32 Å². The largest absolute Gasteiger partial charge is 0.449 e. The molecule has 0 radical (unpaired) electrons. The summed E-state index contributed by atoms with van der Waals surface area (Å²) in [6.07, 6.45) is 4.76. The lowest BCUT2D eigenvalue weighted by molar-refractivity contribution is -0.129. The van der Waals surface area contributed by atoms with E-state index in [0.717, 1.165) is 44.1 Å². The van der Waals surface area contributed by atoms with E-state index in [-0.39, 0.29) is 22.4 Å². The van der Waals surface area contributed by atoms with Crippen LogP contribution in [-0.4, -0.2) is 39.0 Å². The second kappa shape index (κ2) is 9.32. The van der Waals surface area contributed by atoms with Crippen molar-refractivity contribution in [1.29, 1.82) is 0 Å². The maximum Gasteiger partial charge on any atom is 0.338 e. The van der Waals surface area contributed by atoms with Crippen molar-refractivity contribution in [3.63, 3.8) is 0 Å². The number of ether oxygens (including phenoxy) is 1. The van der Waals surface area contributed by atoms with Gasteiger partial charge in [0.05, 0.1) is 16.1 Å². The van der Waals surface area contributed by atoms with Gasteiger partial charge in [-0.3, -0.25) is 9.10 Å². The Morgan fingerprint density at radius 2 is 1.72 bits per heavy atom. The Bertz CT molecular complexity index is 1090. The SMILES string of the molecule is CC(OC(=O)c1ccc(S(=O)(=O)N2CCCc3ccccc32)cc1)C(=O)NC1CCCC1. The number of carbonyl (C=O) groups excluding carboxylic acids is 2. The average Bonchev–Trinajstić information content (AvgIpc) is 3.31. The minimum atomic E-state index is -3.75. The van der Waals surface area contributed by atoms with E-state index in [1.165, 1.54) is 35.5 Å². The molecule has 1 atom stereocenters. The van der Waals surface area contributed by atoms with Crippen molar-refractivity contribution in [2.24, 2.45) is 0 Å². The molecule has 1 amide bonds. The first-order valence-corrected chi connectivity index (χ1v) is 12.5. The summed E-state index contributed by atoms with van der Waals surface area (Å²) in [5.41, 5.74) is 1.90. The number of nitrogens with zero attached hydrogens (tertiary/aromatic N) is 1. The van der Waals surface area contributed by atoms with Crippen LogP contribution in [0.4, 0.5) is 5.69 Å². The molecule has 0 spiro atoms. The van der Waals surface area contributed by atoms with Crippen molar-refractivity contribution in [2.45, 2.75) is 62.5 Å². The van der Waals surface area contributed by atoms with E-state index in [1.807, 2.05) is 24.3 Å². The highest BCUT2D eigenvalue weighted by atomic mass is 32.2. The molecule has 1 unspecified atom stereocenters. The van der Waals surface area contributed by atoms with Gasteiger partial charge in [0.2, 0.25) is 0 Å². The molecule has 32 heavy (non-hydrogen) atoms. The van der Waals surface area contributed by atoms with Gasteiger partial charge in [0, 0.05) is 12.6 Å². The topological polar surface area (TPSA) is 92.8 Å². The standard InChI is InChI=1S/C24H28N2O5S/c1-17(23(27)25-20-9-3-4-10-20)31-24(28)19-12-14-21(15-13-19)32(29,30)26-16-6-8-18-7-2-5-11-22(18)26/h2,5,7,11-15,17,20H,3-4,6,8-10,16H2,1H3,(H,25,27). The highest BCUT2D eigenvalue weighted by Gasteiger charge is 2.29. The lowest BCUT2D eigenvalue weighted by Crippen LogP contribution is -2.40. The van der Waals surface area contributed by atoms with Crippen molar-refractivity contribution < 1.29 is 22.7 Å². The molecule has 0 saturated heterocycles. The number of benzene rings is 2. The van der Waals surface area contributed by atoms with Crippen molar-refractivity contribution in [3.05, 3.63) is 59.7 Å². The van der Waals surface area contributed by atoms with Crippen molar-refractivity contribution in [3.8, 4) is 0 Å². The Morgan fingerprint density at radius 1 is 1.03 bits per heavy atom. The first-order valence-electron chi connectivity index (χ1n) is 11.1. The van der Waals surface area contributed by atoms with Crippen LogP contribution in [0.2, 0.25) is 0 Å². The van der Waals surface area contributed by atoms with E-state index in [0.29, 0.717) is 12.2 Å². The third-order valence-electron chi connectivity index (χ3n) is 6.10. The number of rotatable bonds is 6. The van der Waals surface area contributed by atoms with Crippen LogP contribution in [-0.2, 0) is 26.0 Å². The smallest absolute Gasteiger partial charge is 0.338 e. The van der Waals surface area contributed by atoms with Gasteiger partial charge < -0.3 is 10.1 Å². The molecule has 2 aromatic carbocycles. The number of aryl methyl sites for hydroxylation is 1. The van der Waals surface area contributed by atoms with Gasteiger partial charge in [0.15, 0.2) is 6.10 Å². The number of fused-ring (bicyclic) bond motifs is 1. The summed E-state index contributed by atoms with van der Waals surface area (Å²) in [4.78, 5) is 24.8. The average molecular weight is 457 g/mol. The van der Waals surface area contributed by atoms with Crippen LogP contribution in [0.5, 0.6) is 0 Å². The molecule has 7 nitrogen and oxygen atoms in total. The number of anilines is 1. The van der Waals surface area contributed by atoms with E-state index in [9.17, 15) is 18.0 Å². The number of nitrogens with one attached hydrogen (secondary N) is 1. The number of amides is 1. The zero-order valence-electron chi connectivity index (χ0n) is 18.1. The summed E-state index contributed by atoms with van der Waals surface area (Å²) in [5, 5.41) is 2.91. The number of sulfonamides is 1. The van der Waals surface area contributed by atoms with Crippen LogP contribution in [0.25, 0.3) is 0 Å². The maximum absolute atomic E-state index is 13.2. The molecule has 1 fully saturated rings. The minimum Gasteiger partial charge on any atom is -0.449 e. The van der Waals surface area contributed by atoms with Gasteiger partial charge in [-0.05, 0) is 68.5 Å². The van der Waals surface area contributed by atoms with E-state index >= 15 is 0 Å². The molecule has 1 aliphatic carbocycles. The van der Waals surface area contributed by atoms with Crippen molar-refractivity contribution >= 4 is 27.6 Å². The summed E-state index contributed by atoms with van der Waals surface area (Å²) in [6, 6.07) is 13.3. The van der Waals surface area contributed by atoms with E-state index in [4.69, 9.17) is 4.74 Å². The quantitative estimate of drug-likeness (QED) is 0.673. The fourth-order valence-electron chi connectivity index (χ4n) is 4.31. The van der Waals surface area contributed by atoms with Crippen LogP contribution in [0.1, 0.15) is 54.9 Å². The van der Waals surface area contributed by atoms with Crippen LogP contribution >= 0.6 is 0 Å². The third kappa shape index (κ3) is 4.65. The number of para-hydroxylation sites is 1. The molecular formula is C24H28N2O5S. The van der Waals surface area contributed by atoms with Crippen LogP contribution in [0.3, 0.4) is 0 Å². The predicted molar refractivity (Wildman–Crippen MR) is 121 cm³/mol. The Balaban J connectivity index is 1.43. The summed E-state index contributed by atoms with van der Waals surface area (Å²) >= 11 is 0. The molecule has 2 aliphatic rings. The lowest BCUT2D eigenvalue weighted by Gasteiger charge is -2.30. The summed E-state index contributed by atoms with van der Waals surface area (Å²) in [7, 11) is -3.75. The second-order valence-corrected chi connectivity index (χ2v) is 10.2. The Hall–Kier alpha value is -2.87. The number of hydrogen-bond donors (Lipinski definition) is 1. The first kappa shape index (κ1) is 22.3. The highest BCUT2D eigenvalue weighted by Crippen LogP contribution is 2.31.